The Labute approximate surface area is 98.6 Å². The maximum atomic E-state index is 8.73. The van der Waals surface area contributed by atoms with Gasteiger partial charge >= 0.3 is 0 Å². The minimum absolute atomic E-state index is 0.168. The second kappa shape index (κ2) is 4.33. The molecule has 0 radical (unpaired) electrons. The second-order valence-corrected chi connectivity index (χ2v) is 5.85. The lowest BCUT2D eigenvalue weighted by molar-refractivity contribution is 0.360. The van der Waals surface area contributed by atoms with E-state index in [4.69, 9.17) is 5.26 Å². The van der Waals surface area contributed by atoms with Gasteiger partial charge in [0.05, 0.1) is 0 Å². The summed E-state index contributed by atoms with van der Waals surface area (Å²) in [7, 11) is 0. The van der Waals surface area contributed by atoms with E-state index < -0.39 is 4.57 Å². The first-order valence-corrected chi connectivity index (χ1v) is 5.52. The van der Waals surface area contributed by atoms with Crippen molar-refractivity contribution in [1.82, 2.24) is 10.6 Å². The number of aliphatic imine (C=N–C) groups is 1. The van der Waals surface area contributed by atoms with Gasteiger partial charge in [0.15, 0.2) is 4.57 Å². The van der Waals surface area contributed by atoms with Crippen LogP contribution < -0.4 is 10.6 Å². The zero-order valence-corrected chi connectivity index (χ0v) is 10.7. The lowest BCUT2D eigenvalue weighted by Gasteiger charge is -2.28. The van der Waals surface area contributed by atoms with E-state index in [1.165, 1.54) is 0 Å². The van der Waals surface area contributed by atoms with Gasteiger partial charge in [-0.3, -0.25) is 5.32 Å². The predicted octanol–water partition coefficient (Wildman–Crippen LogP) is 1.71. The summed E-state index contributed by atoms with van der Waals surface area (Å²) in [6.45, 7) is 7.20. The largest absolute Gasteiger partial charge is 0.338 e. The minimum Gasteiger partial charge on any atom is -0.338 e. The third-order valence-electron chi connectivity index (χ3n) is 1.77. The fourth-order valence-corrected chi connectivity index (χ4v) is 1.46. The van der Waals surface area contributed by atoms with Crippen molar-refractivity contribution in [1.29, 1.82) is 5.26 Å². The molecular formula is C10H15BrN4. The van der Waals surface area contributed by atoms with Crippen molar-refractivity contribution in [2.45, 2.75) is 25.3 Å². The van der Waals surface area contributed by atoms with Gasteiger partial charge in [0.1, 0.15) is 6.07 Å². The predicted molar refractivity (Wildman–Crippen MR) is 64.4 cm³/mol. The van der Waals surface area contributed by atoms with Gasteiger partial charge in [-0.1, -0.05) is 20.8 Å². The molecule has 0 aromatic rings. The molecule has 82 valence electrons. The Hall–Kier alpha value is -0.860. The number of hydrogen-bond acceptors (Lipinski definition) is 4. The van der Waals surface area contributed by atoms with Gasteiger partial charge in [-0.2, -0.15) is 5.26 Å². The molecule has 0 fully saturated rings. The monoisotopic (exact) mass is 270 g/mol. The maximum absolute atomic E-state index is 8.73. The Morgan fingerprint density at radius 2 is 2.33 bits per heavy atom. The Bertz CT molecular complexity index is 334. The summed E-state index contributed by atoms with van der Waals surface area (Å²) in [5.41, 5.74) is 0.168. The quantitative estimate of drug-likeness (QED) is 0.593. The molecule has 0 aromatic carbocycles. The van der Waals surface area contributed by atoms with Crippen molar-refractivity contribution >= 4 is 21.8 Å². The van der Waals surface area contributed by atoms with E-state index in [0.717, 1.165) is 6.54 Å². The molecule has 0 saturated heterocycles. The van der Waals surface area contributed by atoms with Gasteiger partial charge in [0.2, 0.25) is 5.84 Å². The zero-order valence-electron chi connectivity index (χ0n) is 9.13. The molecule has 0 unspecified atom stereocenters. The Morgan fingerprint density at radius 3 is 2.87 bits per heavy atom. The molecule has 0 aliphatic carbocycles. The molecule has 4 nitrogen and oxygen atoms in total. The first-order valence-electron chi connectivity index (χ1n) is 4.73. The molecule has 5 heteroatoms. The van der Waals surface area contributed by atoms with Crippen LogP contribution in [-0.2, 0) is 0 Å². The summed E-state index contributed by atoms with van der Waals surface area (Å²) in [5, 5.41) is 14.7. The first kappa shape index (κ1) is 12.2. The number of amidine groups is 1. The van der Waals surface area contributed by atoms with E-state index >= 15 is 0 Å². The van der Waals surface area contributed by atoms with Crippen LogP contribution in [0.2, 0.25) is 0 Å². The molecule has 1 aliphatic rings. The highest BCUT2D eigenvalue weighted by Gasteiger charge is 2.26. The summed E-state index contributed by atoms with van der Waals surface area (Å²) in [6, 6.07) is 1.97. The van der Waals surface area contributed by atoms with Crippen molar-refractivity contribution < 1.29 is 0 Å². The number of rotatable bonds is 2. The summed E-state index contributed by atoms with van der Waals surface area (Å²) in [4.78, 5) is 4.20. The summed E-state index contributed by atoms with van der Waals surface area (Å²) >= 11 is 3.45. The molecule has 2 N–H and O–H groups in total. The number of nitrogens with zero attached hydrogens (tertiary/aromatic N) is 2. The van der Waals surface area contributed by atoms with Gasteiger partial charge in [-0.25, -0.2) is 4.99 Å². The minimum atomic E-state index is -0.656. The highest BCUT2D eigenvalue weighted by molar-refractivity contribution is 9.10. The number of nitrogens with one attached hydrogen (secondary N) is 2. The van der Waals surface area contributed by atoms with Crippen LogP contribution in [0.15, 0.2) is 17.3 Å². The van der Waals surface area contributed by atoms with Crippen molar-refractivity contribution in [2.24, 2.45) is 10.4 Å². The van der Waals surface area contributed by atoms with Crippen LogP contribution in [-0.4, -0.2) is 17.0 Å². The van der Waals surface area contributed by atoms with E-state index in [1.807, 2.05) is 12.1 Å². The van der Waals surface area contributed by atoms with Crippen LogP contribution in [0.5, 0.6) is 0 Å². The highest BCUT2D eigenvalue weighted by atomic mass is 79.9. The van der Waals surface area contributed by atoms with Gasteiger partial charge in [0.25, 0.3) is 0 Å². The topological polar surface area (TPSA) is 60.2 Å². The van der Waals surface area contributed by atoms with E-state index in [2.05, 4.69) is 52.3 Å². The fraction of sp³-hybridized carbons (Fsp3) is 0.600. The lowest BCUT2D eigenvalue weighted by atomic mass is 9.97. The number of hydrogen-bond donors (Lipinski definition) is 2. The molecule has 0 saturated carbocycles. The standard InChI is InChI=1S/C10H15BrN4/c1-9(2,3)7-14-10(11)4-5-13-8(6-12)15-10/h4-5,14H,7H2,1-3H3,(H,13,15)/t10-/m0/s1. The van der Waals surface area contributed by atoms with Gasteiger partial charge < -0.3 is 5.32 Å². The third-order valence-corrected chi connectivity index (χ3v) is 2.49. The molecular weight excluding hydrogens is 256 g/mol. The Balaban J connectivity index is 2.67. The fourth-order valence-electron chi connectivity index (χ4n) is 1.01. The zero-order chi connectivity index (χ0) is 11.5. The molecule has 0 spiro atoms. The molecule has 15 heavy (non-hydrogen) atoms. The average Bonchev–Trinajstić information content (AvgIpc) is 2.14. The van der Waals surface area contributed by atoms with Crippen LogP contribution in [0.3, 0.4) is 0 Å². The lowest BCUT2D eigenvalue weighted by Crippen LogP contribution is -2.44. The third kappa shape index (κ3) is 4.02. The van der Waals surface area contributed by atoms with E-state index in [1.54, 1.807) is 6.20 Å². The molecule has 1 heterocycles. The Morgan fingerprint density at radius 1 is 1.67 bits per heavy atom. The first-order chi connectivity index (χ1) is 6.85. The molecule has 0 bridgehead atoms. The SMILES string of the molecule is CC(C)(C)CN[C@@]1(Br)C=CNC(C#N)=N1. The van der Waals surface area contributed by atoms with E-state index in [9.17, 15) is 0 Å². The van der Waals surface area contributed by atoms with Gasteiger partial charge in [-0.05, 0) is 27.4 Å². The highest BCUT2D eigenvalue weighted by Crippen LogP contribution is 2.22. The number of nitriles is 1. The average molecular weight is 271 g/mol. The summed E-state index contributed by atoms with van der Waals surface area (Å²) in [5.74, 6) is 0.302. The van der Waals surface area contributed by atoms with Crippen molar-refractivity contribution in [3.8, 4) is 6.07 Å². The summed E-state index contributed by atoms with van der Waals surface area (Å²) in [6.07, 6.45) is 3.54. The maximum Gasteiger partial charge on any atom is 0.208 e. The van der Waals surface area contributed by atoms with Gasteiger partial charge in [0, 0.05) is 12.7 Å². The van der Waals surface area contributed by atoms with Crippen LogP contribution in [0.4, 0.5) is 0 Å². The Kier molecular flexibility index (Phi) is 3.53. The van der Waals surface area contributed by atoms with Crippen molar-refractivity contribution in [3.05, 3.63) is 12.3 Å². The van der Waals surface area contributed by atoms with Crippen molar-refractivity contribution in [3.63, 3.8) is 0 Å². The van der Waals surface area contributed by atoms with Crippen molar-refractivity contribution in [2.75, 3.05) is 6.54 Å². The normalized spacial score (nSPS) is 25.4. The number of halogens is 1. The molecule has 0 aromatic heterocycles. The molecule has 1 atom stereocenters. The summed E-state index contributed by atoms with van der Waals surface area (Å²) < 4.78 is -0.656. The molecule has 0 amide bonds. The molecule has 1 aliphatic heterocycles. The molecule has 1 rings (SSSR count). The number of alkyl halides is 1. The van der Waals surface area contributed by atoms with Crippen LogP contribution >= 0.6 is 15.9 Å². The van der Waals surface area contributed by atoms with Crippen LogP contribution in [0.1, 0.15) is 20.8 Å². The van der Waals surface area contributed by atoms with E-state index in [0.29, 0.717) is 5.84 Å². The second-order valence-electron chi connectivity index (χ2n) is 4.64. The van der Waals surface area contributed by atoms with Crippen LogP contribution in [0, 0.1) is 16.7 Å². The smallest absolute Gasteiger partial charge is 0.208 e. The van der Waals surface area contributed by atoms with E-state index in [-0.39, 0.29) is 5.41 Å². The van der Waals surface area contributed by atoms with Crippen LogP contribution in [0.25, 0.3) is 0 Å². The van der Waals surface area contributed by atoms with Gasteiger partial charge in [-0.15, -0.1) is 0 Å².